The topological polar surface area (TPSA) is 41.6 Å². The molecule has 0 aliphatic heterocycles. The van der Waals surface area contributed by atoms with Crippen molar-refractivity contribution in [2.75, 3.05) is 32.1 Å². The summed E-state index contributed by atoms with van der Waals surface area (Å²) >= 11 is 0. The van der Waals surface area contributed by atoms with Gasteiger partial charge in [0.25, 0.3) is 0 Å². The normalized spacial score (nSPS) is 15.8. The van der Waals surface area contributed by atoms with Crippen molar-refractivity contribution < 1.29 is 9.53 Å². The summed E-state index contributed by atoms with van der Waals surface area (Å²) in [7, 11) is 1.63. The maximum absolute atomic E-state index is 12.2. The molecule has 4 heteroatoms. The van der Waals surface area contributed by atoms with E-state index in [4.69, 9.17) is 4.74 Å². The Labute approximate surface area is 133 Å². The molecule has 1 aliphatic rings. The second-order valence-corrected chi connectivity index (χ2v) is 6.11. The van der Waals surface area contributed by atoms with Crippen molar-refractivity contribution in [3.8, 4) is 5.75 Å². The first-order valence-corrected chi connectivity index (χ1v) is 8.37. The highest BCUT2D eigenvalue weighted by Crippen LogP contribution is 2.24. The lowest BCUT2D eigenvalue weighted by molar-refractivity contribution is -0.117. The predicted octanol–water partition coefficient (Wildman–Crippen LogP) is 3.54. The molecule has 1 aliphatic carbocycles. The number of anilines is 1. The van der Waals surface area contributed by atoms with Gasteiger partial charge in [0.2, 0.25) is 5.91 Å². The van der Waals surface area contributed by atoms with E-state index >= 15 is 0 Å². The Morgan fingerprint density at radius 2 is 2.09 bits per heavy atom. The number of hydrogen-bond donors (Lipinski definition) is 1. The summed E-state index contributed by atoms with van der Waals surface area (Å²) in [6, 6.07) is 7.48. The number of nitrogens with one attached hydrogen (secondary N) is 1. The van der Waals surface area contributed by atoms with Gasteiger partial charge in [-0.25, -0.2) is 0 Å². The number of ether oxygens (including phenoxy) is 1. The van der Waals surface area contributed by atoms with Crippen molar-refractivity contribution in [1.29, 1.82) is 0 Å². The van der Waals surface area contributed by atoms with E-state index in [2.05, 4.69) is 17.1 Å². The first-order valence-electron chi connectivity index (χ1n) is 8.37. The maximum Gasteiger partial charge on any atom is 0.238 e. The minimum absolute atomic E-state index is 0.0471. The third-order valence-corrected chi connectivity index (χ3v) is 4.41. The zero-order valence-corrected chi connectivity index (χ0v) is 13.8. The number of hydrogen-bond acceptors (Lipinski definition) is 3. The second-order valence-electron chi connectivity index (χ2n) is 6.11. The monoisotopic (exact) mass is 304 g/mol. The Bertz CT molecular complexity index is 470. The molecule has 0 radical (unpaired) electrons. The molecule has 2 rings (SSSR count). The van der Waals surface area contributed by atoms with Gasteiger partial charge in [0.15, 0.2) is 0 Å². The standard InChI is InChI=1S/C18H28N2O2/c1-3-20(13-15-8-5-4-6-9-15)14-18(21)19-16-10-7-11-17(12-16)22-2/h7,10-12,15H,3-6,8-9,13-14H2,1-2H3,(H,19,21). The molecule has 0 unspecified atom stereocenters. The van der Waals surface area contributed by atoms with Gasteiger partial charge in [-0.1, -0.05) is 32.3 Å². The van der Waals surface area contributed by atoms with E-state index in [0.717, 1.165) is 30.4 Å². The molecule has 4 nitrogen and oxygen atoms in total. The Balaban J connectivity index is 1.82. The van der Waals surface area contributed by atoms with E-state index < -0.39 is 0 Å². The molecule has 1 fully saturated rings. The van der Waals surface area contributed by atoms with Crippen molar-refractivity contribution in [2.45, 2.75) is 39.0 Å². The summed E-state index contributed by atoms with van der Waals surface area (Å²) < 4.78 is 5.18. The van der Waals surface area contributed by atoms with Gasteiger partial charge in [-0.3, -0.25) is 9.69 Å². The molecule has 0 heterocycles. The van der Waals surface area contributed by atoms with Crippen molar-refractivity contribution in [3.05, 3.63) is 24.3 Å². The fourth-order valence-electron chi connectivity index (χ4n) is 3.14. The van der Waals surface area contributed by atoms with Crippen LogP contribution in [0.2, 0.25) is 0 Å². The van der Waals surface area contributed by atoms with Crippen LogP contribution in [0, 0.1) is 5.92 Å². The van der Waals surface area contributed by atoms with E-state index in [-0.39, 0.29) is 5.91 Å². The van der Waals surface area contributed by atoms with Crippen LogP contribution in [0.3, 0.4) is 0 Å². The zero-order chi connectivity index (χ0) is 15.8. The van der Waals surface area contributed by atoms with E-state index in [1.54, 1.807) is 7.11 Å². The van der Waals surface area contributed by atoms with Crippen LogP contribution in [0.15, 0.2) is 24.3 Å². The van der Waals surface area contributed by atoms with Crippen LogP contribution >= 0.6 is 0 Å². The first-order chi connectivity index (χ1) is 10.7. The van der Waals surface area contributed by atoms with Gasteiger partial charge >= 0.3 is 0 Å². The predicted molar refractivity (Wildman–Crippen MR) is 90.3 cm³/mol. The molecule has 1 N–H and O–H groups in total. The number of amides is 1. The highest BCUT2D eigenvalue weighted by molar-refractivity contribution is 5.92. The molecule has 1 aromatic carbocycles. The fourth-order valence-corrected chi connectivity index (χ4v) is 3.14. The van der Waals surface area contributed by atoms with E-state index in [1.807, 2.05) is 24.3 Å². The molecule has 0 atom stereocenters. The van der Waals surface area contributed by atoms with Gasteiger partial charge in [0.1, 0.15) is 5.75 Å². The number of carbonyl (C=O) groups excluding carboxylic acids is 1. The highest BCUT2D eigenvalue weighted by Gasteiger charge is 2.18. The van der Waals surface area contributed by atoms with Gasteiger partial charge in [-0.2, -0.15) is 0 Å². The van der Waals surface area contributed by atoms with Crippen LogP contribution in [0.5, 0.6) is 5.75 Å². The number of rotatable bonds is 7. The third kappa shape index (κ3) is 5.34. The summed E-state index contributed by atoms with van der Waals surface area (Å²) in [5.41, 5.74) is 0.790. The Morgan fingerprint density at radius 1 is 1.32 bits per heavy atom. The van der Waals surface area contributed by atoms with Crippen LogP contribution in [0.4, 0.5) is 5.69 Å². The van der Waals surface area contributed by atoms with Gasteiger partial charge in [-0.05, 0) is 37.4 Å². The molecule has 0 spiro atoms. The van der Waals surface area contributed by atoms with Crippen LogP contribution in [-0.4, -0.2) is 37.6 Å². The van der Waals surface area contributed by atoms with Gasteiger partial charge < -0.3 is 10.1 Å². The number of likely N-dealkylation sites (N-methyl/N-ethyl adjacent to an activating group) is 1. The van der Waals surface area contributed by atoms with E-state index in [0.29, 0.717) is 6.54 Å². The summed E-state index contributed by atoms with van der Waals surface area (Å²) in [4.78, 5) is 14.5. The lowest BCUT2D eigenvalue weighted by atomic mass is 9.89. The minimum Gasteiger partial charge on any atom is -0.497 e. The number of benzene rings is 1. The highest BCUT2D eigenvalue weighted by atomic mass is 16.5. The van der Waals surface area contributed by atoms with Crippen LogP contribution in [-0.2, 0) is 4.79 Å². The fraction of sp³-hybridized carbons (Fsp3) is 0.611. The summed E-state index contributed by atoms with van der Waals surface area (Å²) in [5, 5.41) is 2.96. The molecule has 0 aromatic heterocycles. The van der Waals surface area contributed by atoms with Crippen LogP contribution in [0.1, 0.15) is 39.0 Å². The lowest BCUT2D eigenvalue weighted by Crippen LogP contribution is -2.37. The number of methoxy groups -OCH3 is 1. The zero-order valence-electron chi connectivity index (χ0n) is 13.8. The van der Waals surface area contributed by atoms with Crippen molar-refractivity contribution in [1.82, 2.24) is 4.90 Å². The van der Waals surface area contributed by atoms with Crippen molar-refractivity contribution >= 4 is 11.6 Å². The molecule has 1 saturated carbocycles. The molecular weight excluding hydrogens is 276 g/mol. The Kier molecular flexibility index (Phi) is 6.72. The molecule has 0 saturated heterocycles. The van der Waals surface area contributed by atoms with E-state index in [1.165, 1.54) is 32.1 Å². The summed E-state index contributed by atoms with van der Waals surface area (Å²) in [6.07, 6.45) is 6.69. The SMILES string of the molecule is CCN(CC(=O)Nc1cccc(OC)c1)CC1CCCCC1. The van der Waals surface area contributed by atoms with Crippen molar-refractivity contribution in [2.24, 2.45) is 5.92 Å². The number of carbonyl (C=O) groups is 1. The smallest absolute Gasteiger partial charge is 0.238 e. The maximum atomic E-state index is 12.2. The van der Waals surface area contributed by atoms with Gasteiger partial charge in [0, 0.05) is 18.3 Å². The Hall–Kier alpha value is -1.55. The average molecular weight is 304 g/mol. The molecule has 1 aromatic rings. The Morgan fingerprint density at radius 3 is 2.77 bits per heavy atom. The first kappa shape index (κ1) is 16.8. The number of nitrogens with zero attached hydrogens (tertiary/aromatic N) is 1. The van der Waals surface area contributed by atoms with Gasteiger partial charge in [-0.15, -0.1) is 0 Å². The molecular formula is C18H28N2O2. The van der Waals surface area contributed by atoms with Crippen molar-refractivity contribution in [3.63, 3.8) is 0 Å². The molecule has 122 valence electrons. The summed E-state index contributed by atoms with van der Waals surface area (Å²) in [5.74, 6) is 1.57. The third-order valence-electron chi connectivity index (χ3n) is 4.41. The van der Waals surface area contributed by atoms with E-state index in [9.17, 15) is 4.79 Å². The largest absolute Gasteiger partial charge is 0.497 e. The molecule has 1 amide bonds. The van der Waals surface area contributed by atoms with Gasteiger partial charge in [0.05, 0.1) is 13.7 Å². The quantitative estimate of drug-likeness (QED) is 0.838. The lowest BCUT2D eigenvalue weighted by Gasteiger charge is -2.28. The summed E-state index contributed by atoms with van der Waals surface area (Å²) in [6.45, 7) is 4.55. The second kappa shape index (κ2) is 8.79. The minimum atomic E-state index is 0.0471. The molecule has 0 bridgehead atoms. The average Bonchev–Trinajstić information content (AvgIpc) is 2.55. The van der Waals surface area contributed by atoms with Crippen LogP contribution < -0.4 is 10.1 Å². The van der Waals surface area contributed by atoms with Crippen LogP contribution in [0.25, 0.3) is 0 Å². The molecule has 22 heavy (non-hydrogen) atoms.